The highest BCUT2D eigenvalue weighted by molar-refractivity contribution is 6.35. The Kier molecular flexibility index (Phi) is 7.16. The fourth-order valence-corrected chi connectivity index (χ4v) is 1.87. The summed E-state index contributed by atoms with van der Waals surface area (Å²) in [5.41, 5.74) is 0.846. The Balaban J connectivity index is 2.45. The Morgan fingerprint density at radius 3 is 2.68 bits per heavy atom. The lowest BCUT2D eigenvalue weighted by Gasteiger charge is -2.18. The highest BCUT2D eigenvalue weighted by Crippen LogP contribution is 2.21. The van der Waals surface area contributed by atoms with Crippen LogP contribution in [-0.2, 0) is 20.8 Å². The zero-order valence-electron chi connectivity index (χ0n) is 11.0. The molecule has 4 nitrogen and oxygen atoms in total. The van der Waals surface area contributed by atoms with Crippen LogP contribution in [0, 0.1) is 0 Å². The van der Waals surface area contributed by atoms with Gasteiger partial charge >= 0.3 is 0 Å². The summed E-state index contributed by atoms with van der Waals surface area (Å²) in [5, 5.41) is 1.12. The van der Waals surface area contributed by atoms with Gasteiger partial charge in [0.25, 0.3) is 0 Å². The molecule has 0 saturated heterocycles. The van der Waals surface area contributed by atoms with Crippen molar-refractivity contribution in [3.63, 3.8) is 0 Å². The van der Waals surface area contributed by atoms with E-state index in [1.807, 2.05) is 0 Å². The summed E-state index contributed by atoms with van der Waals surface area (Å²) in [7, 11) is 3.28. The van der Waals surface area contributed by atoms with Gasteiger partial charge in [-0.3, -0.25) is 4.79 Å². The second-order valence-electron chi connectivity index (χ2n) is 4.03. The summed E-state index contributed by atoms with van der Waals surface area (Å²) >= 11 is 11.9. The maximum absolute atomic E-state index is 11.8. The van der Waals surface area contributed by atoms with Crippen molar-refractivity contribution in [2.45, 2.75) is 6.54 Å². The lowest BCUT2D eigenvalue weighted by Crippen LogP contribution is -2.30. The Morgan fingerprint density at radius 2 is 2.05 bits per heavy atom. The maximum Gasteiger partial charge on any atom is 0.248 e. The van der Waals surface area contributed by atoms with E-state index in [0.717, 1.165) is 5.56 Å². The molecule has 0 aliphatic carbocycles. The average molecular weight is 306 g/mol. The molecule has 0 unspecified atom stereocenters. The third-order valence-corrected chi connectivity index (χ3v) is 3.09. The zero-order chi connectivity index (χ0) is 14.3. The van der Waals surface area contributed by atoms with Crippen LogP contribution in [0.15, 0.2) is 18.2 Å². The van der Waals surface area contributed by atoms with Gasteiger partial charge < -0.3 is 14.4 Å². The predicted molar refractivity (Wildman–Crippen MR) is 75.6 cm³/mol. The van der Waals surface area contributed by atoms with Crippen LogP contribution < -0.4 is 0 Å². The van der Waals surface area contributed by atoms with Gasteiger partial charge in [-0.2, -0.15) is 0 Å². The first-order chi connectivity index (χ1) is 9.04. The number of hydrogen-bond acceptors (Lipinski definition) is 3. The van der Waals surface area contributed by atoms with E-state index in [-0.39, 0.29) is 12.5 Å². The van der Waals surface area contributed by atoms with Gasteiger partial charge in [0, 0.05) is 30.7 Å². The van der Waals surface area contributed by atoms with E-state index >= 15 is 0 Å². The predicted octanol–water partition coefficient (Wildman–Crippen LogP) is 2.61. The minimum Gasteiger partial charge on any atom is -0.382 e. The zero-order valence-corrected chi connectivity index (χ0v) is 12.5. The summed E-state index contributed by atoms with van der Waals surface area (Å²) in [6.45, 7) is 1.32. The van der Waals surface area contributed by atoms with Crippen molar-refractivity contribution >= 4 is 29.1 Å². The van der Waals surface area contributed by atoms with Crippen molar-refractivity contribution in [2.24, 2.45) is 0 Å². The average Bonchev–Trinajstić information content (AvgIpc) is 2.37. The van der Waals surface area contributed by atoms with E-state index in [9.17, 15) is 4.79 Å². The SMILES string of the molecule is COCCOCC(=O)N(C)Cc1ccc(Cl)cc1Cl. The lowest BCUT2D eigenvalue weighted by molar-refractivity contribution is -0.135. The Hall–Kier alpha value is -0.810. The second kappa shape index (κ2) is 8.38. The van der Waals surface area contributed by atoms with Gasteiger partial charge in [0.2, 0.25) is 5.91 Å². The molecule has 0 radical (unpaired) electrons. The van der Waals surface area contributed by atoms with Gasteiger partial charge in [-0.05, 0) is 17.7 Å². The molecule has 0 fully saturated rings. The van der Waals surface area contributed by atoms with Crippen LogP contribution in [0.2, 0.25) is 10.0 Å². The van der Waals surface area contributed by atoms with E-state index in [0.29, 0.717) is 29.8 Å². The fourth-order valence-electron chi connectivity index (χ4n) is 1.41. The van der Waals surface area contributed by atoms with Crippen molar-refractivity contribution in [2.75, 3.05) is 34.0 Å². The number of methoxy groups -OCH3 is 1. The van der Waals surface area contributed by atoms with Crippen molar-refractivity contribution in [3.05, 3.63) is 33.8 Å². The molecule has 6 heteroatoms. The largest absolute Gasteiger partial charge is 0.382 e. The van der Waals surface area contributed by atoms with Crippen molar-refractivity contribution in [3.8, 4) is 0 Å². The summed E-state index contributed by atoms with van der Waals surface area (Å²) < 4.78 is 10.0. The number of halogens is 2. The number of carbonyl (C=O) groups excluding carboxylic acids is 1. The molecule has 106 valence electrons. The highest BCUT2D eigenvalue weighted by atomic mass is 35.5. The van der Waals surface area contributed by atoms with Gasteiger partial charge in [0.05, 0.1) is 13.2 Å². The quantitative estimate of drug-likeness (QED) is 0.727. The van der Waals surface area contributed by atoms with Crippen LogP contribution >= 0.6 is 23.2 Å². The van der Waals surface area contributed by atoms with Gasteiger partial charge in [0.1, 0.15) is 6.61 Å². The Bertz CT molecular complexity index is 426. The third-order valence-electron chi connectivity index (χ3n) is 2.51. The van der Waals surface area contributed by atoms with E-state index in [4.69, 9.17) is 32.7 Å². The number of nitrogens with zero attached hydrogens (tertiary/aromatic N) is 1. The number of benzene rings is 1. The molecule has 0 spiro atoms. The van der Waals surface area contributed by atoms with Gasteiger partial charge in [0.15, 0.2) is 0 Å². The smallest absolute Gasteiger partial charge is 0.248 e. The Labute approximate surface area is 123 Å². The molecule has 0 atom stereocenters. The molecule has 0 saturated carbocycles. The van der Waals surface area contributed by atoms with E-state index in [1.165, 1.54) is 0 Å². The first kappa shape index (κ1) is 16.2. The second-order valence-corrected chi connectivity index (χ2v) is 4.87. The lowest BCUT2D eigenvalue weighted by atomic mass is 10.2. The van der Waals surface area contributed by atoms with Crippen LogP contribution in [0.1, 0.15) is 5.56 Å². The number of ether oxygens (including phenoxy) is 2. The van der Waals surface area contributed by atoms with Gasteiger partial charge in [-0.15, -0.1) is 0 Å². The number of carbonyl (C=O) groups is 1. The topological polar surface area (TPSA) is 38.8 Å². The number of likely N-dealkylation sites (N-methyl/N-ethyl adjacent to an activating group) is 1. The molecule has 1 amide bonds. The van der Waals surface area contributed by atoms with E-state index in [1.54, 1.807) is 37.3 Å². The number of amides is 1. The van der Waals surface area contributed by atoms with Crippen LogP contribution in [0.4, 0.5) is 0 Å². The van der Waals surface area contributed by atoms with Crippen molar-refractivity contribution in [1.82, 2.24) is 4.90 Å². The molecular weight excluding hydrogens is 289 g/mol. The first-order valence-corrected chi connectivity index (χ1v) is 6.54. The van der Waals surface area contributed by atoms with Crippen LogP contribution in [-0.4, -0.2) is 44.8 Å². The molecule has 1 aromatic carbocycles. The molecule has 0 bridgehead atoms. The minimum atomic E-state index is -0.109. The molecule has 0 heterocycles. The van der Waals surface area contributed by atoms with Crippen molar-refractivity contribution < 1.29 is 14.3 Å². The summed E-state index contributed by atoms with van der Waals surface area (Å²) in [6.07, 6.45) is 0. The molecule has 1 aromatic rings. The third kappa shape index (κ3) is 5.78. The van der Waals surface area contributed by atoms with Crippen LogP contribution in [0.25, 0.3) is 0 Å². The number of hydrogen-bond donors (Lipinski definition) is 0. The monoisotopic (exact) mass is 305 g/mol. The van der Waals surface area contributed by atoms with Gasteiger partial charge in [-0.25, -0.2) is 0 Å². The minimum absolute atomic E-state index is 0.0328. The molecular formula is C13H17Cl2NO3. The Morgan fingerprint density at radius 1 is 1.32 bits per heavy atom. The first-order valence-electron chi connectivity index (χ1n) is 5.79. The molecule has 1 rings (SSSR count). The molecule has 19 heavy (non-hydrogen) atoms. The van der Waals surface area contributed by atoms with E-state index in [2.05, 4.69) is 0 Å². The van der Waals surface area contributed by atoms with Gasteiger partial charge in [-0.1, -0.05) is 29.3 Å². The standard InChI is InChI=1S/C13H17Cl2NO3/c1-16(13(17)9-19-6-5-18-2)8-10-3-4-11(14)7-12(10)15/h3-4,7H,5-6,8-9H2,1-2H3. The summed E-state index contributed by atoms with van der Waals surface area (Å²) in [5.74, 6) is -0.109. The highest BCUT2D eigenvalue weighted by Gasteiger charge is 2.11. The van der Waals surface area contributed by atoms with Crippen molar-refractivity contribution in [1.29, 1.82) is 0 Å². The summed E-state index contributed by atoms with van der Waals surface area (Å²) in [4.78, 5) is 13.3. The number of rotatable bonds is 7. The molecule has 0 N–H and O–H groups in total. The van der Waals surface area contributed by atoms with Crippen LogP contribution in [0.5, 0.6) is 0 Å². The molecule has 0 aromatic heterocycles. The maximum atomic E-state index is 11.8. The van der Waals surface area contributed by atoms with Crippen LogP contribution in [0.3, 0.4) is 0 Å². The van der Waals surface area contributed by atoms with E-state index < -0.39 is 0 Å². The fraction of sp³-hybridized carbons (Fsp3) is 0.462. The molecule has 0 aliphatic rings. The summed E-state index contributed by atoms with van der Waals surface area (Å²) in [6, 6.07) is 5.21. The molecule has 0 aliphatic heterocycles. The normalized spacial score (nSPS) is 10.5.